The summed E-state index contributed by atoms with van der Waals surface area (Å²) >= 11 is 0. The Balaban J connectivity index is 1.99. The average Bonchev–Trinajstić information content (AvgIpc) is 2.82. The van der Waals surface area contributed by atoms with Gasteiger partial charge in [0.1, 0.15) is 5.82 Å². The average molecular weight is 277 g/mol. The van der Waals surface area contributed by atoms with Gasteiger partial charge in [-0.25, -0.2) is 4.39 Å². The van der Waals surface area contributed by atoms with Crippen LogP contribution in [0.2, 0.25) is 0 Å². The van der Waals surface area contributed by atoms with E-state index in [2.05, 4.69) is 0 Å². The number of nitrogens with zero attached hydrogens (tertiary/aromatic N) is 1. The van der Waals surface area contributed by atoms with E-state index in [-0.39, 0.29) is 18.3 Å². The van der Waals surface area contributed by atoms with Crippen LogP contribution >= 0.6 is 0 Å². The Kier molecular flexibility index (Phi) is 3.88. The maximum Gasteiger partial charge on any atom is 0.311 e. The number of aliphatic carboxylic acids is 1. The molecule has 1 aromatic rings. The number of amides is 1. The number of carbonyl (C=O) groups is 2. The molecule has 1 atom stereocenters. The summed E-state index contributed by atoms with van der Waals surface area (Å²) in [4.78, 5) is 24.6. The quantitative estimate of drug-likeness (QED) is 0.861. The van der Waals surface area contributed by atoms with Crippen LogP contribution in [0.25, 0.3) is 6.08 Å². The van der Waals surface area contributed by atoms with E-state index in [1.807, 2.05) is 0 Å². The van der Waals surface area contributed by atoms with Crippen LogP contribution in [0, 0.1) is 11.2 Å². The summed E-state index contributed by atoms with van der Waals surface area (Å²) < 4.78 is 12.7. The number of likely N-dealkylation sites (tertiary alicyclic amines) is 1. The van der Waals surface area contributed by atoms with Gasteiger partial charge in [-0.2, -0.15) is 0 Å². The number of carbonyl (C=O) groups excluding carboxylic acids is 1. The van der Waals surface area contributed by atoms with E-state index in [1.54, 1.807) is 25.1 Å². The van der Waals surface area contributed by atoms with Crippen molar-refractivity contribution in [3.63, 3.8) is 0 Å². The summed E-state index contributed by atoms with van der Waals surface area (Å²) in [6.07, 6.45) is 3.44. The van der Waals surface area contributed by atoms with Gasteiger partial charge in [-0.3, -0.25) is 9.59 Å². The van der Waals surface area contributed by atoms with E-state index in [1.165, 1.54) is 23.1 Å². The van der Waals surface area contributed by atoms with Crippen molar-refractivity contribution in [2.24, 2.45) is 5.41 Å². The molecule has 1 amide bonds. The molecule has 1 saturated heterocycles. The molecule has 1 heterocycles. The van der Waals surface area contributed by atoms with Gasteiger partial charge in [0.15, 0.2) is 0 Å². The second kappa shape index (κ2) is 5.45. The van der Waals surface area contributed by atoms with Crippen LogP contribution in [0.1, 0.15) is 18.9 Å². The van der Waals surface area contributed by atoms with Gasteiger partial charge in [0, 0.05) is 19.2 Å². The van der Waals surface area contributed by atoms with Crippen LogP contribution < -0.4 is 0 Å². The maximum absolute atomic E-state index is 12.7. The molecular formula is C15H16FNO3. The van der Waals surface area contributed by atoms with Gasteiger partial charge in [0.25, 0.3) is 0 Å². The minimum absolute atomic E-state index is 0.217. The predicted octanol–water partition coefficient (Wildman–Crippen LogP) is 2.16. The lowest BCUT2D eigenvalue weighted by atomic mass is 9.90. The molecule has 1 aliphatic rings. The molecule has 4 nitrogen and oxygen atoms in total. The highest BCUT2D eigenvalue weighted by Gasteiger charge is 2.41. The third-order valence-corrected chi connectivity index (χ3v) is 3.59. The molecule has 1 N–H and O–H groups in total. The van der Waals surface area contributed by atoms with E-state index in [0.717, 1.165) is 5.56 Å². The fraction of sp³-hybridized carbons (Fsp3) is 0.333. The number of hydrogen-bond acceptors (Lipinski definition) is 2. The summed E-state index contributed by atoms with van der Waals surface area (Å²) in [5.74, 6) is -1.43. The Labute approximate surface area is 116 Å². The highest BCUT2D eigenvalue weighted by atomic mass is 19.1. The van der Waals surface area contributed by atoms with Crippen molar-refractivity contribution in [3.8, 4) is 0 Å². The minimum Gasteiger partial charge on any atom is -0.481 e. The van der Waals surface area contributed by atoms with Crippen LogP contribution in [0.5, 0.6) is 0 Å². The zero-order valence-corrected chi connectivity index (χ0v) is 11.2. The molecule has 106 valence electrons. The van der Waals surface area contributed by atoms with Crippen molar-refractivity contribution < 1.29 is 19.1 Å². The highest BCUT2D eigenvalue weighted by Crippen LogP contribution is 2.30. The number of hydrogen-bond donors (Lipinski definition) is 1. The van der Waals surface area contributed by atoms with Crippen molar-refractivity contribution in [1.82, 2.24) is 4.90 Å². The Hall–Kier alpha value is -2.17. The van der Waals surface area contributed by atoms with E-state index in [0.29, 0.717) is 13.0 Å². The van der Waals surface area contributed by atoms with Crippen molar-refractivity contribution in [2.75, 3.05) is 13.1 Å². The van der Waals surface area contributed by atoms with Crippen LogP contribution in [0.4, 0.5) is 4.39 Å². The Morgan fingerprint density at radius 3 is 2.55 bits per heavy atom. The number of benzene rings is 1. The second-order valence-electron chi connectivity index (χ2n) is 5.26. The molecule has 1 unspecified atom stereocenters. The van der Waals surface area contributed by atoms with Crippen LogP contribution in [-0.4, -0.2) is 35.0 Å². The van der Waals surface area contributed by atoms with Gasteiger partial charge >= 0.3 is 5.97 Å². The SMILES string of the molecule is CC1(C(=O)O)CCN(C(=O)C=Cc2ccc(F)cc2)C1. The first kappa shape index (κ1) is 14.2. The molecule has 2 rings (SSSR count). The summed E-state index contributed by atoms with van der Waals surface area (Å²) in [5.41, 5.74) is -0.140. The van der Waals surface area contributed by atoms with Gasteiger partial charge in [0.2, 0.25) is 5.91 Å². The number of carboxylic acid groups (broad SMARTS) is 1. The lowest BCUT2D eigenvalue weighted by Gasteiger charge is -2.18. The molecule has 1 aliphatic heterocycles. The van der Waals surface area contributed by atoms with E-state index in [4.69, 9.17) is 5.11 Å². The molecular weight excluding hydrogens is 261 g/mol. The molecule has 0 aliphatic carbocycles. The predicted molar refractivity (Wildman–Crippen MR) is 72.4 cm³/mol. The number of rotatable bonds is 3. The summed E-state index contributed by atoms with van der Waals surface area (Å²) in [6, 6.07) is 5.79. The monoisotopic (exact) mass is 277 g/mol. The molecule has 0 saturated carbocycles. The Morgan fingerprint density at radius 2 is 2.00 bits per heavy atom. The molecule has 1 aromatic carbocycles. The van der Waals surface area contributed by atoms with Crippen LogP contribution in [-0.2, 0) is 9.59 Å². The molecule has 20 heavy (non-hydrogen) atoms. The normalized spacial score (nSPS) is 22.4. The third-order valence-electron chi connectivity index (χ3n) is 3.59. The molecule has 0 spiro atoms. The fourth-order valence-electron chi connectivity index (χ4n) is 2.17. The van der Waals surface area contributed by atoms with E-state index in [9.17, 15) is 14.0 Å². The fourth-order valence-corrected chi connectivity index (χ4v) is 2.17. The maximum atomic E-state index is 12.7. The minimum atomic E-state index is -0.879. The first-order valence-electron chi connectivity index (χ1n) is 6.37. The smallest absolute Gasteiger partial charge is 0.311 e. The van der Waals surface area contributed by atoms with Crippen molar-refractivity contribution >= 4 is 18.0 Å². The van der Waals surface area contributed by atoms with Gasteiger partial charge in [-0.15, -0.1) is 0 Å². The molecule has 0 aromatic heterocycles. The second-order valence-corrected chi connectivity index (χ2v) is 5.26. The Bertz CT molecular complexity index is 553. The standard InChI is InChI=1S/C15H16FNO3/c1-15(14(19)20)8-9-17(10-15)13(18)7-4-11-2-5-12(16)6-3-11/h2-7H,8-10H2,1H3,(H,19,20). The van der Waals surface area contributed by atoms with Gasteiger partial charge in [-0.05, 0) is 37.1 Å². The Morgan fingerprint density at radius 1 is 1.35 bits per heavy atom. The van der Waals surface area contributed by atoms with E-state index < -0.39 is 11.4 Å². The van der Waals surface area contributed by atoms with Crippen molar-refractivity contribution in [3.05, 3.63) is 41.7 Å². The molecule has 5 heteroatoms. The molecule has 1 fully saturated rings. The number of halogens is 1. The third kappa shape index (κ3) is 3.04. The van der Waals surface area contributed by atoms with Gasteiger partial charge in [0.05, 0.1) is 5.41 Å². The van der Waals surface area contributed by atoms with Crippen LogP contribution in [0.15, 0.2) is 30.3 Å². The van der Waals surface area contributed by atoms with Crippen LogP contribution in [0.3, 0.4) is 0 Å². The summed E-state index contributed by atoms with van der Waals surface area (Å²) in [6.45, 7) is 2.30. The zero-order chi connectivity index (χ0) is 14.8. The van der Waals surface area contributed by atoms with Gasteiger partial charge < -0.3 is 10.0 Å². The van der Waals surface area contributed by atoms with Crippen molar-refractivity contribution in [1.29, 1.82) is 0 Å². The lowest BCUT2D eigenvalue weighted by Crippen LogP contribution is -2.34. The van der Waals surface area contributed by atoms with Gasteiger partial charge in [-0.1, -0.05) is 12.1 Å². The van der Waals surface area contributed by atoms with Crippen molar-refractivity contribution in [2.45, 2.75) is 13.3 Å². The lowest BCUT2D eigenvalue weighted by molar-refractivity contribution is -0.147. The molecule has 0 bridgehead atoms. The first-order valence-corrected chi connectivity index (χ1v) is 6.37. The first-order chi connectivity index (χ1) is 9.40. The zero-order valence-electron chi connectivity index (χ0n) is 11.2. The molecule has 0 radical (unpaired) electrons. The van der Waals surface area contributed by atoms with E-state index >= 15 is 0 Å². The highest BCUT2D eigenvalue weighted by molar-refractivity contribution is 5.92. The number of carboxylic acids is 1. The summed E-state index contributed by atoms with van der Waals surface area (Å²) in [7, 11) is 0. The largest absolute Gasteiger partial charge is 0.481 e. The summed E-state index contributed by atoms with van der Waals surface area (Å²) in [5, 5.41) is 9.11. The topological polar surface area (TPSA) is 57.6 Å².